The van der Waals surface area contributed by atoms with Crippen LogP contribution in [0.3, 0.4) is 0 Å². The zero-order chi connectivity index (χ0) is 36.4. The van der Waals surface area contributed by atoms with Crippen LogP contribution in [0.25, 0.3) is 0 Å². The van der Waals surface area contributed by atoms with Crippen LogP contribution in [0.4, 0.5) is 11.4 Å². The number of hydrogen-bond donors (Lipinski definition) is 0. The van der Waals surface area contributed by atoms with Gasteiger partial charge in [0, 0.05) is 72.8 Å². The van der Waals surface area contributed by atoms with Crippen molar-refractivity contribution in [2.75, 3.05) is 29.5 Å². The van der Waals surface area contributed by atoms with Gasteiger partial charge in [-0.15, -0.1) is 0 Å². The van der Waals surface area contributed by atoms with Crippen molar-refractivity contribution in [3.63, 3.8) is 0 Å². The molecule has 10 nitrogen and oxygen atoms in total. The molecule has 4 rings (SSSR count). The summed E-state index contributed by atoms with van der Waals surface area (Å²) < 4.78 is 73.1. The first-order valence-corrected chi connectivity index (χ1v) is 20.5. The van der Waals surface area contributed by atoms with E-state index in [2.05, 4.69) is 9.48 Å². The number of carbonyl (C=O) groups is 2. The molecule has 2 aromatic carbocycles. The molecule has 0 bridgehead atoms. The number of anilines is 1. The van der Waals surface area contributed by atoms with Crippen molar-refractivity contribution in [1.82, 2.24) is 0 Å². The van der Waals surface area contributed by atoms with Gasteiger partial charge in [-0.1, -0.05) is 55.6 Å². The van der Waals surface area contributed by atoms with Crippen LogP contribution in [0.1, 0.15) is 65.5 Å². The zero-order valence-corrected chi connectivity index (χ0v) is 35.8. The molecule has 2 aromatic rings. The Morgan fingerprint density at radius 2 is 1.36 bits per heavy atom. The molecule has 0 atom stereocenters. The average molecular weight is 785 g/mol. The van der Waals surface area contributed by atoms with Crippen LogP contribution in [-0.4, -0.2) is 71.1 Å². The van der Waals surface area contributed by atoms with Gasteiger partial charge in [0.25, 0.3) is 0 Å². The van der Waals surface area contributed by atoms with E-state index in [1.165, 1.54) is 61.6 Å². The standard InChI is InChI=1S/C35H42N2O8S4.K/c1-24(38)46-20-10-18-36-30-16-14-26(48(40,41)42)22-28(30)34(3,4)32(36)12-8-7-9-13-33-35(5,6)29-23-27(49(43,44)45)15-17-31(29)37(33)19-11-21-47-25(2)39;/h7-9,12-17,22-23H,10-11,18-21H2,1-6H3,(H-,40,41,42,43,44,45);/q;+1/p-1. The number of hydrogen-bond acceptors (Lipinski definition) is 11. The predicted molar refractivity (Wildman–Crippen MR) is 194 cm³/mol. The third-order valence-electron chi connectivity index (χ3n) is 8.70. The van der Waals surface area contributed by atoms with Crippen molar-refractivity contribution in [3.8, 4) is 0 Å². The molecule has 2 aliphatic rings. The number of fused-ring (bicyclic) bond motifs is 2. The second-order valence-electron chi connectivity index (χ2n) is 12.9. The molecule has 0 unspecified atom stereocenters. The van der Waals surface area contributed by atoms with Gasteiger partial charge in [0.05, 0.1) is 15.2 Å². The maximum Gasteiger partial charge on any atom is 1.00 e. The summed E-state index contributed by atoms with van der Waals surface area (Å²) in [5.74, 6) is 1.26. The summed E-state index contributed by atoms with van der Waals surface area (Å²) in [6.07, 6.45) is 10.9. The van der Waals surface area contributed by atoms with Crippen LogP contribution in [-0.2, 0) is 40.7 Å². The minimum Gasteiger partial charge on any atom is -0.744 e. The van der Waals surface area contributed by atoms with E-state index in [1.54, 1.807) is 12.1 Å². The third kappa shape index (κ3) is 9.98. The molecule has 0 radical (unpaired) electrons. The minimum absolute atomic E-state index is 0. The molecule has 0 aromatic heterocycles. The SMILES string of the molecule is CC(=O)SCCCN1/C(=C/C=C/C=C/C2=[N+](CCCSC(C)=O)c3ccc(S(=O)(=O)[O-])cc3C2(C)C)C(C)(C)c2cc(S(=O)(=O)[O-])ccc21.[K+]. The fourth-order valence-corrected chi connectivity index (χ4v) is 8.45. The fourth-order valence-electron chi connectivity index (χ4n) is 6.34. The van der Waals surface area contributed by atoms with E-state index >= 15 is 0 Å². The van der Waals surface area contributed by atoms with Crippen molar-refractivity contribution in [3.05, 3.63) is 83.6 Å². The van der Waals surface area contributed by atoms with E-state index in [4.69, 9.17) is 0 Å². The molecular formula is C35H41KN2O8S4. The first kappa shape index (κ1) is 43.0. The second-order valence-corrected chi connectivity index (χ2v) is 18.2. The molecule has 0 saturated heterocycles. The van der Waals surface area contributed by atoms with Crippen LogP contribution in [0.2, 0.25) is 0 Å². The van der Waals surface area contributed by atoms with Crippen LogP contribution in [0.15, 0.2) is 82.3 Å². The monoisotopic (exact) mass is 784 g/mol. The summed E-state index contributed by atoms with van der Waals surface area (Å²) in [6.45, 7) is 12.1. The molecule has 0 fully saturated rings. The molecule has 0 aliphatic carbocycles. The van der Waals surface area contributed by atoms with Gasteiger partial charge < -0.3 is 14.0 Å². The Morgan fingerprint density at radius 3 is 1.94 bits per heavy atom. The molecule has 0 saturated carbocycles. The second kappa shape index (κ2) is 17.2. The first-order valence-electron chi connectivity index (χ1n) is 15.7. The zero-order valence-electron chi connectivity index (χ0n) is 29.4. The van der Waals surface area contributed by atoms with Gasteiger partial charge >= 0.3 is 51.4 Å². The fraction of sp³-hybridized carbons (Fsp3) is 0.400. The quantitative estimate of drug-likeness (QED) is 0.0969. The maximum atomic E-state index is 11.8. The van der Waals surface area contributed by atoms with Crippen molar-refractivity contribution in [2.45, 2.75) is 75.0 Å². The maximum absolute atomic E-state index is 11.8. The molecule has 0 spiro atoms. The first-order chi connectivity index (χ1) is 22.8. The van der Waals surface area contributed by atoms with Gasteiger partial charge in [-0.3, -0.25) is 9.59 Å². The van der Waals surface area contributed by atoms with Gasteiger partial charge in [-0.25, -0.2) is 16.8 Å². The number of thioether (sulfide) groups is 2. The number of allylic oxidation sites excluding steroid dienone is 6. The summed E-state index contributed by atoms with van der Waals surface area (Å²) in [4.78, 5) is 24.5. The number of carbonyl (C=O) groups excluding carboxylic acids is 2. The Morgan fingerprint density at radius 1 is 0.800 bits per heavy atom. The van der Waals surface area contributed by atoms with Crippen LogP contribution < -0.4 is 56.3 Å². The number of benzene rings is 2. The molecule has 264 valence electrons. The van der Waals surface area contributed by atoms with Gasteiger partial charge in [0.1, 0.15) is 26.8 Å². The summed E-state index contributed by atoms with van der Waals surface area (Å²) in [6, 6.07) is 8.87. The molecule has 50 heavy (non-hydrogen) atoms. The Balaban J connectivity index is 0.00000676. The van der Waals surface area contributed by atoms with Crippen molar-refractivity contribution < 1.29 is 91.5 Å². The summed E-state index contributed by atoms with van der Waals surface area (Å²) >= 11 is 2.49. The van der Waals surface area contributed by atoms with E-state index in [0.717, 1.165) is 33.9 Å². The molecular weight excluding hydrogens is 744 g/mol. The largest absolute Gasteiger partial charge is 1.00 e. The Kier molecular flexibility index (Phi) is 14.8. The van der Waals surface area contributed by atoms with Gasteiger partial charge in [0.2, 0.25) is 5.69 Å². The normalized spacial score (nSPS) is 17.4. The van der Waals surface area contributed by atoms with E-state index in [9.17, 15) is 35.5 Å². The van der Waals surface area contributed by atoms with Gasteiger partial charge in [-0.2, -0.15) is 4.58 Å². The molecule has 0 amide bonds. The summed E-state index contributed by atoms with van der Waals surface area (Å²) in [5, 5.41) is 0.0717. The van der Waals surface area contributed by atoms with E-state index < -0.39 is 31.1 Å². The van der Waals surface area contributed by atoms with E-state index in [-0.39, 0.29) is 71.4 Å². The Labute approximate surface area is 346 Å². The van der Waals surface area contributed by atoms with Crippen molar-refractivity contribution in [1.29, 1.82) is 0 Å². The molecule has 15 heteroatoms. The molecule has 0 N–H and O–H groups in total. The molecule has 2 heterocycles. The van der Waals surface area contributed by atoms with Crippen LogP contribution >= 0.6 is 23.5 Å². The van der Waals surface area contributed by atoms with Crippen molar-refractivity contribution in [2.24, 2.45) is 0 Å². The smallest absolute Gasteiger partial charge is 0.744 e. The van der Waals surface area contributed by atoms with E-state index in [1.807, 2.05) is 58.1 Å². The number of nitrogens with zero attached hydrogens (tertiary/aromatic N) is 2. The minimum atomic E-state index is -4.65. The van der Waals surface area contributed by atoms with Crippen molar-refractivity contribution >= 4 is 71.1 Å². The predicted octanol–water partition coefficient (Wildman–Crippen LogP) is 3.01. The van der Waals surface area contributed by atoms with Gasteiger partial charge in [-0.05, 0) is 62.2 Å². The summed E-state index contributed by atoms with van der Waals surface area (Å²) in [7, 11) is -9.29. The topological polar surface area (TPSA) is 155 Å². The third-order valence-corrected chi connectivity index (χ3v) is 12.2. The van der Waals surface area contributed by atoms with E-state index in [0.29, 0.717) is 37.4 Å². The number of rotatable bonds is 13. The molecule has 2 aliphatic heterocycles. The average Bonchev–Trinajstić information content (AvgIpc) is 3.34. The van der Waals surface area contributed by atoms with Crippen LogP contribution in [0, 0.1) is 0 Å². The summed E-state index contributed by atoms with van der Waals surface area (Å²) in [5.41, 5.74) is 3.59. The Bertz CT molecular complexity index is 2000. The Hall–Kier alpha value is -1.37. The van der Waals surface area contributed by atoms with Gasteiger partial charge in [0.15, 0.2) is 15.9 Å². The van der Waals surface area contributed by atoms with Crippen LogP contribution in [0.5, 0.6) is 0 Å².